The van der Waals surface area contributed by atoms with Gasteiger partial charge >= 0.3 is 0 Å². The Kier molecular flexibility index (Phi) is 10.6. The molecule has 312 valence electrons. The number of piperidine rings is 2. The lowest BCUT2D eigenvalue weighted by Crippen LogP contribution is -2.54. The van der Waals surface area contributed by atoms with Crippen LogP contribution < -0.4 is 15.5 Å². The maximum absolute atomic E-state index is 13.5. The molecule has 2 aromatic carbocycles. The molecule has 5 aliphatic rings. The highest BCUT2D eigenvalue weighted by Crippen LogP contribution is 2.36. The van der Waals surface area contributed by atoms with Gasteiger partial charge in [-0.2, -0.15) is 4.98 Å². The van der Waals surface area contributed by atoms with E-state index in [1.54, 1.807) is 37.3 Å². The fraction of sp³-hybridized carbons (Fsp3) is 0.455. The zero-order chi connectivity index (χ0) is 41.7. The van der Waals surface area contributed by atoms with Crippen LogP contribution in [0, 0.1) is 5.92 Å². The van der Waals surface area contributed by atoms with Crippen molar-refractivity contribution in [3.05, 3.63) is 77.1 Å². The number of anilines is 3. The van der Waals surface area contributed by atoms with E-state index in [9.17, 15) is 28.8 Å². The molecule has 0 radical (unpaired) electrons. The van der Waals surface area contributed by atoms with E-state index in [4.69, 9.17) is 4.98 Å². The lowest BCUT2D eigenvalue weighted by atomic mass is 9.95. The van der Waals surface area contributed by atoms with E-state index in [2.05, 4.69) is 30.0 Å². The van der Waals surface area contributed by atoms with Gasteiger partial charge in [-0.1, -0.05) is 12.8 Å². The number of fused-ring (bicyclic) bond motifs is 2. The van der Waals surface area contributed by atoms with Gasteiger partial charge in [-0.3, -0.25) is 43.9 Å². The van der Waals surface area contributed by atoms with Gasteiger partial charge in [-0.05, 0) is 86.6 Å². The van der Waals surface area contributed by atoms with Crippen LogP contribution in [0.1, 0.15) is 99.0 Å². The number of hydrogen-bond acceptors (Lipinski definition) is 11. The minimum atomic E-state index is -0.981. The van der Waals surface area contributed by atoms with Crippen LogP contribution in [0.3, 0.4) is 0 Å². The summed E-state index contributed by atoms with van der Waals surface area (Å²) < 4.78 is 2.09. The highest BCUT2D eigenvalue weighted by Gasteiger charge is 2.45. The Morgan fingerprint density at radius 3 is 2.25 bits per heavy atom. The largest absolute Gasteiger partial charge is 0.371 e. The monoisotopic (exact) mass is 814 g/mol. The molecule has 6 heterocycles. The number of aromatic nitrogens is 3. The molecule has 0 bridgehead atoms. The normalized spacial score (nSPS) is 20.6. The minimum Gasteiger partial charge on any atom is -0.371 e. The van der Waals surface area contributed by atoms with Crippen molar-refractivity contribution in [2.45, 2.75) is 63.5 Å². The number of nitrogens with one attached hydrogen (secondary N) is 2. The van der Waals surface area contributed by atoms with Gasteiger partial charge in [0.1, 0.15) is 17.4 Å². The first kappa shape index (κ1) is 39.3. The van der Waals surface area contributed by atoms with Crippen molar-refractivity contribution in [3.8, 4) is 0 Å². The summed E-state index contributed by atoms with van der Waals surface area (Å²) in [6.45, 7) is 5.52. The summed E-state index contributed by atoms with van der Waals surface area (Å²) >= 11 is 0. The molecule has 9 rings (SSSR count). The second kappa shape index (κ2) is 16.1. The van der Waals surface area contributed by atoms with Gasteiger partial charge < -0.3 is 24.6 Å². The minimum absolute atomic E-state index is 0.00872. The molecule has 4 fully saturated rings. The quantitative estimate of drug-likeness (QED) is 0.234. The molecule has 1 aliphatic carbocycles. The van der Waals surface area contributed by atoms with Crippen LogP contribution in [-0.4, -0.2) is 136 Å². The summed E-state index contributed by atoms with van der Waals surface area (Å²) in [6, 6.07) is 13.9. The smallest absolute Gasteiger partial charge is 0.270 e. The van der Waals surface area contributed by atoms with E-state index in [0.29, 0.717) is 41.8 Å². The Morgan fingerprint density at radius 1 is 0.833 bits per heavy atom. The summed E-state index contributed by atoms with van der Waals surface area (Å²) in [5.74, 6) is -1.10. The van der Waals surface area contributed by atoms with Crippen molar-refractivity contribution in [2.75, 3.05) is 70.1 Å². The maximum Gasteiger partial charge on any atom is 0.270 e. The Labute approximate surface area is 347 Å². The van der Waals surface area contributed by atoms with E-state index in [0.717, 1.165) is 98.6 Å². The summed E-state index contributed by atoms with van der Waals surface area (Å²) in [4.78, 5) is 95.8. The van der Waals surface area contributed by atoms with Crippen molar-refractivity contribution in [3.63, 3.8) is 0 Å². The molecule has 6 amide bonds. The molecule has 2 aromatic heterocycles. The zero-order valence-corrected chi connectivity index (χ0v) is 34.1. The molecule has 0 spiro atoms. The first-order valence-electron chi connectivity index (χ1n) is 21.1. The fourth-order valence-electron chi connectivity index (χ4n) is 9.53. The zero-order valence-electron chi connectivity index (χ0n) is 34.1. The SMILES string of the molecule is CN(C)C(=O)c1cc2cnc(Nc3ccc(C(=O)N4CCN(CC5CCN(c6ccc7c(c6)C(=O)N(C6CCC(=O)NC6=O)C7=O)CC5)CC4)cc3)nc2n1C1CCCC1. The van der Waals surface area contributed by atoms with Crippen molar-refractivity contribution in [1.29, 1.82) is 0 Å². The number of rotatable bonds is 9. The predicted octanol–water partition coefficient (Wildman–Crippen LogP) is 4.07. The van der Waals surface area contributed by atoms with Crippen molar-refractivity contribution >= 4 is 63.8 Å². The molecule has 1 unspecified atom stereocenters. The number of nitrogens with zero attached hydrogens (tertiary/aromatic N) is 8. The van der Waals surface area contributed by atoms with Crippen LogP contribution in [0.5, 0.6) is 0 Å². The van der Waals surface area contributed by atoms with Gasteiger partial charge in [0.05, 0.1) is 11.1 Å². The molecule has 4 aromatic rings. The lowest BCUT2D eigenvalue weighted by Gasteiger charge is -2.39. The third-order valence-electron chi connectivity index (χ3n) is 12.9. The maximum atomic E-state index is 13.5. The van der Waals surface area contributed by atoms with E-state index < -0.39 is 29.7 Å². The highest BCUT2D eigenvalue weighted by molar-refractivity contribution is 6.23. The van der Waals surface area contributed by atoms with Crippen molar-refractivity contribution < 1.29 is 28.8 Å². The molecular formula is C44H50N10O6. The molecule has 16 nitrogen and oxygen atoms in total. The number of benzene rings is 2. The Hall–Kier alpha value is -6.16. The summed E-state index contributed by atoms with van der Waals surface area (Å²) in [7, 11) is 3.53. The van der Waals surface area contributed by atoms with Crippen LogP contribution in [0.4, 0.5) is 17.3 Å². The number of hydrogen-bond donors (Lipinski definition) is 2. The van der Waals surface area contributed by atoms with E-state index in [-0.39, 0.29) is 36.3 Å². The molecule has 4 aliphatic heterocycles. The Morgan fingerprint density at radius 2 is 1.55 bits per heavy atom. The summed E-state index contributed by atoms with van der Waals surface area (Å²) in [5, 5.41) is 6.37. The van der Waals surface area contributed by atoms with E-state index >= 15 is 0 Å². The van der Waals surface area contributed by atoms with Crippen LogP contribution in [-0.2, 0) is 9.59 Å². The van der Waals surface area contributed by atoms with E-state index in [1.165, 1.54) is 0 Å². The molecular weight excluding hydrogens is 765 g/mol. The molecule has 3 saturated heterocycles. The molecule has 1 saturated carbocycles. The fourth-order valence-corrected chi connectivity index (χ4v) is 9.53. The standard InChI is InChI=1S/C44H50N10O6/c1-49(2)43(60)36-23-29-25-45-44(48-38(29)53(36)31-5-3-4-6-31)46-30-9-7-28(8-10-30)40(57)52-21-19-50(20-22-52)26-27-15-17-51(18-16-27)32-11-12-33-34(24-32)42(59)54(41(33)58)35-13-14-37(55)47-39(35)56/h7-12,23-25,27,31,35H,3-6,13-22,26H2,1-2H3,(H,45,46,48)(H,47,55,56). The molecule has 60 heavy (non-hydrogen) atoms. The second-order valence-corrected chi connectivity index (χ2v) is 16.9. The van der Waals surface area contributed by atoms with Gasteiger partial charge in [0, 0.05) is 101 Å². The Balaban J connectivity index is 0.755. The van der Waals surface area contributed by atoms with Crippen LogP contribution in [0.25, 0.3) is 11.0 Å². The van der Waals surface area contributed by atoms with Gasteiger partial charge in [-0.25, -0.2) is 4.98 Å². The third-order valence-corrected chi connectivity index (χ3v) is 12.9. The summed E-state index contributed by atoms with van der Waals surface area (Å²) in [6.07, 6.45) is 8.23. The van der Waals surface area contributed by atoms with Gasteiger partial charge in [-0.15, -0.1) is 0 Å². The topological polar surface area (TPSA) is 173 Å². The van der Waals surface area contributed by atoms with Gasteiger partial charge in [0.2, 0.25) is 17.8 Å². The van der Waals surface area contributed by atoms with E-state index in [1.807, 2.05) is 41.3 Å². The average molecular weight is 815 g/mol. The number of imide groups is 2. The molecule has 16 heteroatoms. The van der Waals surface area contributed by atoms with Crippen LogP contribution >= 0.6 is 0 Å². The number of carbonyl (C=O) groups excluding carboxylic acids is 6. The lowest BCUT2D eigenvalue weighted by molar-refractivity contribution is -0.136. The number of amides is 6. The van der Waals surface area contributed by atoms with Gasteiger partial charge in [0.25, 0.3) is 23.6 Å². The Bertz CT molecular complexity index is 2370. The first-order valence-corrected chi connectivity index (χ1v) is 21.1. The first-order chi connectivity index (χ1) is 29.0. The summed E-state index contributed by atoms with van der Waals surface area (Å²) in [5.41, 5.74) is 4.24. The van der Waals surface area contributed by atoms with Crippen molar-refractivity contribution in [2.24, 2.45) is 5.92 Å². The number of carbonyl (C=O) groups is 6. The molecule has 1 atom stereocenters. The number of piperazine rings is 1. The van der Waals surface area contributed by atoms with Crippen molar-refractivity contribution in [1.82, 2.24) is 39.5 Å². The second-order valence-electron chi connectivity index (χ2n) is 16.9. The van der Waals surface area contributed by atoms with Crippen LogP contribution in [0.2, 0.25) is 0 Å². The van der Waals surface area contributed by atoms with Gasteiger partial charge in [0.15, 0.2) is 0 Å². The molecule has 2 N–H and O–H groups in total. The highest BCUT2D eigenvalue weighted by atomic mass is 16.2. The average Bonchev–Trinajstić information content (AvgIpc) is 3.98. The van der Waals surface area contributed by atoms with Crippen LogP contribution in [0.15, 0.2) is 54.7 Å². The predicted molar refractivity (Wildman–Crippen MR) is 223 cm³/mol. The third kappa shape index (κ3) is 7.48.